The maximum absolute atomic E-state index is 12.3. The molecule has 3 N–H and O–H groups in total. The highest BCUT2D eigenvalue weighted by Gasteiger charge is 2.36. The zero-order valence-corrected chi connectivity index (χ0v) is 15.0. The number of rotatable bonds is 7. The van der Waals surface area contributed by atoms with E-state index in [9.17, 15) is 19.2 Å². The summed E-state index contributed by atoms with van der Waals surface area (Å²) in [7, 11) is 0. The van der Waals surface area contributed by atoms with Gasteiger partial charge in [-0.2, -0.15) is 0 Å². The van der Waals surface area contributed by atoms with Gasteiger partial charge in [0, 0.05) is 6.54 Å². The Labute approximate surface area is 156 Å². The van der Waals surface area contributed by atoms with Gasteiger partial charge in [-0.15, -0.1) is 0 Å². The molecule has 0 aliphatic carbocycles. The van der Waals surface area contributed by atoms with Gasteiger partial charge >= 0.3 is 12.1 Å². The van der Waals surface area contributed by atoms with Crippen LogP contribution in [0.2, 0.25) is 0 Å². The van der Waals surface area contributed by atoms with Crippen LogP contribution in [-0.4, -0.2) is 59.1 Å². The molecule has 1 aliphatic heterocycles. The van der Waals surface area contributed by atoms with Crippen molar-refractivity contribution in [1.29, 1.82) is 0 Å². The molecule has 9 nitrogen and oxygen atoms in total. The summed E-state index contributed by atoms with van der Waals surface area (Å²) in [6.07, 6.45) is 0.257. The third kappa shape index (κ3) is 5.98. The number of hydrogen-bond donors (Lipinski definition) is 3. The Morgan fingerprint density at radius 3 is 2.63 bits per heavy atom. The predicted octanol–water partition coefficient (Wildman–Crippen LogP) is 0.493. The normalized spacial score (nSPS) is 17.1. The van der Waals surface area contributed by atoms with E-state index < -0.39 is 36.0 Å². The van der Waals surface area contributed by atoms with Gasteiger partial charge in [0.15, 0.2) is 0 Å². The molecule has 0 bridgehead atoms. The fraction of sp³-hybridized carbons (Fsp3) is 0.444. The van der Waals surface area contributed by atoms with Crippen LogP contribution in [-0.2, 0) is 25.7 Å². The number of alkyl carbamates (subject to hydrolysis) is 1. The van der Waals surface area contributed by atoms with Crippen LogP contribution in [0.1, 0.15) is 25.3 Å². The summed E-state index contributed by atoms with van der Waals surface area (Å²) >= 11 is 0. The largest absolute Gasteiger partial charge is 0.480 e. The molecule has 1 saturated heterocycles. The summed E-state index contributed by atoms with van der Waals surface area (Å²) < 4.78 is 4.98. The Hall–Kier alpha value is -3.10. The van der Waals surface area contributed by atoms with E-state index in [1.807, 2.05) is 18.2 Å². The highest BCUT2D eigenvalue weighted by Crippen LogP contribution is 2.18. The molecular formula is C18H23N3O6. The Balaban J connectivity index is 1.72. The first-order valence-electron chi connectivity index (χ1n) is 8.65. The van der Waals surface area contributed by atoms with Crippen LogP contribution >= 0.6 is 0 Å². The van der Waals surface area contributed by atoms with Gasteiger partial charge in [0.1, 0.15) is 25.2 Å². The Bertz CT molecular complexity index is 694. The quantitative estimate of drug-likeness (QED) is 0.635. The van der Waals surface area contributed by atoms with Crippen molar-refractivity contribution in [3.05, 3.63) is 35.9 Å². The number of amides is 3. The minimum atomic E-state index is -1.05. The van der Waals surface area contributed by atoms with Crippen LogP contribution in [0.15, 0.2) is 30.3 Å². The minimum absolute atomic E-state index is 0.0781. The zero-order chi connectivity index (χ0) is 19.8. The van der Waals surface area contributed by atoms with E-state index in [1.54, 1.807) is 12.1 Å². The number of carboxylic acids is 1. The second-order valence-electron chi connectivity index (χ2n) is 6.23. The number of nitrogens with one attached hydrogen (secondary N) is 2. The minimum Gasteiger partial charge on any atom is -0.480 e. The van der Waals surface area contributed by atoms with Crippen molar-refractivity contribution in [3.63, 3.8) is 0 Å². The number of carbonyl (C=O) groups is 4. The van der Waals surface area contributed by atoms with Crippen LogP contribution in [0, 0.1) is 0 Å². The molecule has 3 amide bonds. The molecule has 0 saturated carbocycles. The lowest BCUT2D eigenvalue weighted by molar-refractivity contribution is -0.149. The van der Waals surface area contributed by atoms with E-state index in [1.165, 1.54) is 11.8 Å². The van der Waals surface area contributed by atoms with Gasteiger partial charge in [-0.05, 0) is 25.3 Å². The predicted molar refractivity (Wildman–Crippen MR) is 94.6 cm³/mol. The molecule has 1 heterocycles. The summed E-state index contributed by atoms with van der Waals surface area (Å²) in [5.41, 5.74) is 0.815. The standard InChI is InChI=1S/C18H23N3O6/c1-12(16(23)21-9-5-8-14(21)17(24)25)20-15(22)10-19-18(26)27-11-13-6-3-2-4-7-13/h2-4,6-7,12,14H,5,8-11H2,1H3,(H,19,26)(H,20,22)(H,24,25)/t12-,14-/m0/s1. The molecule has 0 unspecified atom stereocenters. The van der Waals surface area contributed by atoms with E-state index in [4.69, 9.17) is 9.84 Å². The average molecular weight is 377 g/mol. The van der Waals surface area contributed by atoms with Crippen LogP contribution < -0.4 is 10.6 Å². The molecule has 2 atom stereocenters. The summed E-state index contributed by atoms with van der Waals surface area (Å²) in [6, 6.07) is 7.33. The van der Waals surface area contributed by atoms with Gasteiger partial charge in [-0.25, -0.2) is 9.59 Å². The van der Waals surface area contributed by atoms with E-state index in [-0.39, 0.29) is 13.2 Å². The molecule has 0 spiro atoms. The SMILES string of the molecule is C[C@H](NC(=O)CNC(=O)OCc1ccccc1)C(=O)N1CCC[C@H]1C(=O)O. The fourth-order valence-corrected chi connectivity index (χ4v) is 2.82. The zero-order valence-electron chi connectivity index (χ0n) is 15.0. The van der Waals surface area contributed by atoms with Gasteiger partial charge < -0.3 is 25.4 Å². The number of ether oxygens (including phenoxy) is 1. The first kappa shape index (κ1) is 20.2. The lowest BCUT2D eigenvalue weighted by Crippen LogP contribution is -2.51. The first-order valence-corrected chi connectivity index (χ1v) is 8.65. The molecule has 27 heavy (non-hydrogen) atoms. The first-order chi connectivity index (χ1) is 12.9. The molecule has 1 fully saturated rings. The van der Waals surface area contributed by atoms with Crippen LogP contribution in [0.4, 0.5) is 4.79 Å². The fourth-order valence-electron chi connectivity index (χ4n) is 2.82. The van der Waals surface area contributed by atoms with Crippen molar-refractivity contribution in [2.24, 2.45) is 0 Å². The summed E-state index contributed by atoms with van der Waals surface area (Å²) in [5, 5.41) is 13.9. The van der Waals surface area contributed by atoms with Gasteiger partial charge in [-0.3, -0.25) is 9.59 Å². The molecule has 1 aromatic rings. The highest BCUT2D eigenvalue weighted by atomic mass is 16.5. The number of carboxylic acid groups (broad SMARTS) is 1. The lowest BCUT2D eigenvalue weighted by Gasteiger charge is -2.25. The maximum Gasteiger partial charge on any atom is 0.407 e. The van der Waals surface area contributed by atoms with E-state index in [0.29, 0.717) is 19.4 Å². The second-order valence-corrected chi connectivity index (χ2v) is 6.23. The second kappa shape index (κ2) is 9.56. The molecule has 1 aromatic carbocycles. The molecule has 2 rings (SSSR count). The Morgan fingerprint density at radius 1 is 1.26 bits per heavy atom. The van der Waals surface area contributed by atoms with Gasteiger partial charge in [-0.1, -0.05) is 30.3 Å². The van der Waals surface area contributed by atoms with Crippen LogP contribution in [0.25, 0.3) is 0 Å². The van der Waals surface area contributed by atoms with Crippen molar-refractivity contribution in [3.8, 4) is 0 Å². The van der Waals surface area contributed by atoms with Gasteiger partial charge in [0.05, 0.1) is 0 Å². The van der Waals surface area contributed by atoms with Gasteiger partial charge in [0.2, 0.25) is 11.8 Å². The van der Waals surface area contributed by atoms with Gasteiger partial charge in [0.25, 0.3) is 0 Å². The van der Waals surface area contributed by atoms with Crippen LogP contribution in [0.3, 0.4) is 0 Å². The molecular weight excluding hydrogens is 354 g/mol. The summed E-state index contributed by atoms with van der Waals surface area (Å²) in [5.74, 6) is -2.08. The molecule has 0 radical (unpaired) electrons. The Morgan fingerprint density at radius 2 is 1.96 bits per heavy atom. The molecule has 0 aromatic heterocycles. The van der Waals surface area contributed by atoms with Crippen molar-refractivity contribution < 1.29 is 29.0 Å². The van der Waals surface area contributed by atoms with Crippen molar-refractivity contribution in [2.75, 3.05) is 13.1 Å². The number of benzene rings is 1. The van der Waals surface area contributed by atoms with E-state index in [0.717, 1.165) is 5.56 Å². The monoisotopic (exact) mass is 377 g/mol. The number of aliphatic carboxylic acids is 1. The van der Waals surface area contributed by atoms with Crippen molar-refractivity contribution >= 4 is 23.9 Å². The number of nitrogens with zero attached hydrogens (tertiary/aromatic N) is 1. The van der Waals surface area contributed by atoms with Crippen molar-refractivity contribution in [2.45, 2.75) is 38.5 Å². The number of carbonyl (C=O) groups excluding carboxylic acids is 3. The topological polar surface area (TPSA) is 125 Å². The maximum atomic E-state index is 12.3. The smallest absolute Gasteiger partial charge is 0.407 e. The van der Waals surface area contributed by atoms with E-state index in [2.05, 4.69) is 10.6 Å². The third-order valence-electron chi connectivity index (χ3n) is 4.17. The average Bonchev–Trinajstić information content (AvgIpc) is 3.15. The van der Waals surface area contributed by atoms with Crippen LogP contribution in [0.5, 0.6) is 0 Å². The summed E-state index contributed by atoms with van der Waals surface area (Å²) in [6.45, 7) is 1.55. The lowest BCUT2D eigenvalue weighted by atomic mass is 10.2. The molecule has 1 aliphatic rings. The van der Waals surface area contributed by atoms with Crippen molar-refractivity contribution in [1.82, 2.24) is 15.5 Å². The number of likely N-dealkylation sites (tertiary alicyclic amines) is 1. The highest BCUT2D eigenvalue weighted by molar-refractivity contribution is 5.91. The Kier molecular flexibility index (Phi) is 7.16. The summed E-state index contributed by atoms with van der Waals surface area (Å²) in [4.78, 5) is 48.3. The molecule has 9 heteroatoms. The third-order valence-corrected chi connectivity index (χ3v) is 4.17. The number of hydrogen-bond acceptors (Lipinski definition) is 5. The molecule has 146 valence electrons. The van der Waals surface area contributed by atoms with E-state index >= 15 is 0 Å².